The number of benzene rings is 1. The third kappa shape index (κ3) is 4.53. The molecule has 162 valence electrons. The van der Waals surface area contributed by atoms with Crippen molar-refractivity contribution < 1.29 is 6.22 Å². The number of hydrogen-bond donors (Lipinski definition) is 1. The highest BCUT2D eigenvalue weighted by molar-refractivity contribution is 5.76. The van der Waals surface area contributed by atoms with Gasteiger partial charge in [0.25, 0.3) is 0 Å². The van der Waals surface area contributed by atoms with Crippen LogP contribution in [0.4, 0.5) is 0 Å². The molecule has 1 N–H and O–H groups in total. The highest BCUT2D eigenvalue weighted by atomic mass is 16.1. The first-order valence-corrected chi connectivity index (χ1v) is 10.8. The number of imidazole rings is 1. The Morgan fingerprint density at radius 2 is 2.06 bits per heavy atom. The van der Waals surface area contributed by atoms with Crippen molar-refractivity contribution in [2.75, 3.05) is 7.05 Å². The highest BCUT2D eigenvalue weighted by Gasteiger charge is 2.29. The molecular formula is C25H31N5O. The predicted octanol–water partition coefficient (Wildman–Crippen LogP) is 4.63. The maximum absolute atomic E-state index is 11.7. The quantitative estimate of drug-likeness (QED) is 0.570. The Morgan fingerprint density at radius 1 is 1.29 bits per heavy atom. The Kier molecular flexibility index (Phi) is 6.16. The number of nitrogens with zero attached hydrogens (tertiary/aromatic N) is 4. The number of pyridine rings is 1. The second kappa shape index (κ2) is 9.16. The van der Waals surface area contributed by atoms with Gasteiger partial charge in [0.1, 0.15) is 5.65 Å². The molecule has 0 unspecified atom stereocenters. The van der Waals surface area contributed by atoms with Gasteiger partial charge in [-0.05, 0) is 54.8 Å². The van der Waals surface area contributed by atoms with Crippen LogP contribution >= 0.6 is 0 Å². The molecule has 1 saturated carbocycles. The van der Waals surface area contributed by atoms with Crippen LogP contribution in [0.2, 0.25) is 0 Å². The lowest BCUT2D eigenvalue weighted by Crippen LogP contribution is -2.35. The fourth-order valence-electron chi connectivity index (χ4n) is 4.35. The first-order chi connectivity index (χ1) is 15.1. The van der Waals surface area contributed by atoms with Gasteiger partial charge in [0.05, 0.1) is 11.9 Å². The Bertz CT molecular complexity index is 1100. The fraction of sp³-hybridized carbons (Fsp3) is 0.320. The topological polar surface area (TPSA) is 62.0 Å². The summed E-state index contributed by atoms with van der Waals surface area (Å²) in [5, 5.41) is 3.13. The van der Waals surface area contributed by atoms with E-state index in [2.05, 4.69) is 70.5 Å². The number of carbonyl (C=O) groups is 1. The molecular weight excluding hydrogens is 386 g/mol. The zero-order chi connectivity index (χ0) is 21.8. The zero-order valence-electron chi connectivity index (χ0n) is 18.2. The summed E-state index contributed by atoms with van der Waals surface area (Å²) < 4.78 is 2.03. The van der Waals surface area contributed by atoms with Gasteiger partial charge in [0, 0.05) is 45.6 Å². The molecule has 1 aliphatic rings. The van der Waals surface area contributed by atoms with Crippen LogP contribution in [-0.4, -0.2) is 46.0 Å². The monoisotopic (exact) mass is 417 g/mol. The summed E-state index contributed by atoms with van der Waals surface area (Å²) in [6.07, 6.45) is 11.2. The highest BCUT2D eigenvalue weighted by Crippen LogP contribution is 2.31. The van der Waals surface area contributed by atoms with Crippen molar-refractivity contribution in [1.82, 2.24) is 19.6 Å². The first-order valence-electron chi connectivity index (χ1n) is 10.8. The minimum atomic E-state index is 0. The van der Waals surface area contributed by atoms with E-state index in [1.807, 2.05) is 29.8 Å². The van der Waals surface area contributed by atoms with Gasteiger partial charge in [-0.2, -0.15) is 0 Å². The molecule has 1 aromatic carbocycles. The van der Waals surface area contributed by atoms with E-state index >= 15 is 0 Å². The first kappa shape index (κ1) is 20.8. The van der Waals surface area contributed by atoms with Crippen LogP contribution in [0.3, 0.4) is 0 Å². The fourth-order valence-corrected chi connectivity index (χ4v) is 4.35. The average molecular weight is 418 g/mol. The lowest BCUT2D eigenvalue weighted by Gasteiger charge is -2.29. The lowest BCUT2D eigenvalue weighted by atomic mass is 10.0. The van der Waals surface area contributed by atoms with Gasteiger partial charge in [0.2, 0.25) is 5.91 Å². The van der Waals surface area contributed by atoms with Crippen molar-refractivity contribution in [1.29, 1.82) is 0 Å². The molecule has 0 aliphatic heterocycles. The van der Waals surface area contributed by atoms with E-state index in [9.17, 15) is 4.79 Å². The summed E-state index contributed by atoms with van der Waals surface area (Å²) in [5.74, 6) is 0.126. The number of aliphatic imine (C=N–C) groups is 1. The third-order valence-electron chi connectivity index (χ3n) is 6.14. The van der Waals surface area contributed by atoms with Gasteiger partial charge in [-0.25, -0.2) is 4.98 Å². The van der Waals surface area contributed by atoms with E-state index < -0.39 is 0 Å². The molecule has 31 heavy (non-hydrogen) atoms. The molecule has 0 radical (unpaired) electrons. The molecule has 1 amide bonds. The van der Waals surface area contributed by atoms with Gasteiger partial charge < -0.3 is 14.6 Å². The minimum absolute atomic E-state index is 0. The molecule has 6 nitrogen and oxygen atoms in total. The smallest absolute Gasteiger partial charge is 0.219 e. The van der Waals surface area contributed by atoms with Crippen molar-refractivity contribution in [3.8, 4) is 11.1 Å². The van der Waals surface area contributed by atoms with Crippen molar-refractivity contribution in [3.63, 3.8) is 0 Å². The number of nitrogens with one attached hydrogen (secondary N) is 1. The number of carbonyl (C=O) groups excluding carboxylic acids is 1. The normalized spacial score (nSPS) is 18.8. The van der Waals surface area contributed by atoms with Gasteiger partial charge in [-0.1, -0.05) is 31.2 Å². The summed E-state index contributed by atoms with van der Waals surface area (Å²) in [4.78, 5) is 22.4. The SMILES string of the molecule is C=N/C=C(/c1ccc(-c2ccc3nccn3c2)cc1)N(C)[C@@H]1CC[C@H](NC(=O)CC)C1.[HH]. The second-order valence-electron chi connectivity index (χ2n) is 8.08. The van der Waals surface area contributed by atoms with E-state index in [1.165, 1.54) is 0 Å². The Labute approximate surface area is 184 Å². The van der Waals surface area contributed by atoms with E-state index in [4.69, 9.17) is 0 Å². The van der Waals surface area contributed by atoms with Crippen molar-refractivity contribution in [2.45, 2.75) is 44.7 Å². The molecule has 0 saturated heterocycles. The standard InChI is InChI=1S/C25H29N5O.H2/c1-4-25(31)28-21-10-11-22(15-21)29(3)23(16-26-2)19-7-5-18(6-8-19)20-9-12-24-27-13-14-30(24)17-20;/h5-9,12-14,16-17,21-22H,2,4,10-11,15H2,1,3H3,(H,28,31);1H/b23-16-;/t21-,22+;/m0./s1. The Hall–Kier alpha value is -3.41. The zero-order valence-corrected chi connectivity index (χ0v) is 18.2. The Balaban J connectivity index is 0.00000289. The molecule has 4 rings (SSSR count). The van der Waals surface area contributed by atoms with E-state index in [-0.39, 0.29) is 13.4 Å². The van der Waals surface area contributed by atoms with Crippen molar-refractivity contribution in [3.05, 3.63) is 66.8 Å². The van der Waals surface area contributed by atoms with Gasteiger partial charge in [-0.3, -0.25) is 9.79 Å². The largest absolute Gasteiger partial charge is 0.370 e. The number of amides is 1. The van der Waals surface area contributed by atoms with E-state index in [1.54, 1.807) is 6.20 Å². The third-order valence-corrected chi connectivity index (χ3v) is 6.14. The maximum Gasteiger partial charge on any atom is 0.219 e. The average Bonchev–Trinajstić information content (AvgIpc) is 3.46. The lowest BCUT2D eigenvalue weighted by molar-refractivity contribution is -0.121. The van der Waals surface area contributed by atoms with E-state index in [0.29, 0.717) is 12.5 Å². The summed E-state index contributed by atoms with van der Waals surface area (Å²) >= 11 is 0. The van der Waals surface area contributed by atoms with Crippen LogP contribution in [0.1, 0.15) is 39.6 Å². The molecule has 3 aromatic rings. The number of rotatable bonds is 7. The summed E-state index contributed by atoms with van der Waals surface area (Å²) in [5.41, 5.74) is 5.37. The van der Waals surface area contributed by atoms with Crippen molar-refractivity contribution >= 4 is 24.0 Å². The molecule has 2 heterocycles. The van der Waals surface area contributed by atoms with Crippen LogP contribution in [0.25, 0.3) is 22.5 Å². The molecule has 6 heteroatoms. The van der Waals surface area contributed by atoms with Gasteiger partial charge in [-0.15, -0.1) is 0 Å². The predicted molar refractivity (Wildman–Crippen MR) is 128 cm³/mol. The number of hydrogen-bond acceptors (Lipinski definition) is 4. The second-order valence-corrected chi connectivity index (χ2v) is 8.08. The van der Waals surface area contributed by atoms with Crippen molar-refractivity contribution in [2.24, 2.45) is 4.99 Å². The van der Waals surface area contributed by atoms with Crippen LogP contribution < -0.4 is 5.32 Å². The molecule has 0 spiro atoms. The maximum atomic E-state index is 11.7. The molecule has 1 aliphatic carbocycles. The van der Waals surface area contributed by atoms with Gasteiger partial charge in [0.15, 0.2) is 0 Å². The van der Waals surface area contributed by atoms with Crippen LogP contribution in [-0.2, 0) is 4.79 Å². The molecule has 2 aromatic heterocycles. The van der Waals surface area contributed by atoms with Gasteiger partial charge >= 0.3 is 0 Å². The summed E-state index contributed by atoms with van der Waals surface area (Å²) in [6.45, 7) is 5.56. The molecule has 2 atom stereocenters. The van der Waals surface area contributed by atoms with Crippen LogP contribution in [0.15, 0.2) is 66.2 Å². The van der Waals surface area contributed by atoms with Crippen LogP contribution in [0.5, 0.6) is 0 Å². The Morgan fingerprint density at radius 3 is 2.81 bits per heavy atom. The van der Waals surface area contributed by atoms with Crippen LogP contribution in [0, 0.1) is 0 Å². The molecule has 1 fully saturated rings. The summed E-state index contributed by atoms with van der Waals surface area (Å²) in [6, 6.07) is 13.3. The van der Waals surface area contributed by atoms with E-state index in [0.717, 1.165) is 47.3 Å². The molecule has 0 bridgehead atoms. The number of aromatic nitrogens is 2. The summed E-state index contributed by atoms with van der Waals surface area (Å²) in [7, 11) is 2.10. The number of fused-ring (bicyclic) bond motifs is 1. The minimum Gasteiger partial charge on any atom is -0.370 e.